The molecule has 2 heterocycles. The number of methoxy groups -OCH3 is 1. The quantitative estimate of drug-likeness (QED) is 0.514. The van der Waals surface area contributed by atoms with Crippen LogP contribution in [-0.4, -0.2) is 35.0 Å². The van der Waals surface area contributed by atoms with E-state index in [0.717, 1.165) is 15.3 Å². The zero-order chi connectivity index (χ0) is 20.2. The van der Waals surface area contributed by atoms with E-state index in [1.165, 1.54) is 18.4 Å². The molecule has 0 spiro atoms. The summed E-state index contributed by atoms with van der Waals surface area (Å²) in [6.45, 7) is -0.147. The molecule has 0 atom stereocenters. The molecule has 7 nitrogen and oxygen atoms in total. The summed E-state index contributed by atoms with van der Waals surface area (Å²) in [6.07, 6.45) is 3.84. The van der Waals surface area contributed by atoms with Crippen LogP contribution < -0.4 is 15.4 Å². The van der Waals surface area contributed by atoms with Crippen LogP contribution in [0.2, 0.25) is 0 Å². The molecule has 0 radical (unpaired) electrons. The minimum absolute atomic E-state index is 0.147. The van der Waals surface area contributed by atoms with Gasteiger partial charge in [0, 0.05) is 18.0 Å². The molecule has 29 heavy (non-hydrogen) atoms. The molecule has 2 amide bonds. The molecule has 0 unspecified atom stereocenters. The van der Waals surface area contributed by atoms with E-state index < -0.39 is 0 Å². The maximum atomic E-state index is 12.5. The maximum Gasteiger partial charge on any atom is 0.251 e. The molecule has 0 bridgehead atoms. The van der Waals surface area contributed by atoms with Crippen molar-refractivity contribution in [3.63, 3.8) is 0 Å². The Kier molecular flexibility index (Phi) is 5.26. The largest absolute Gasteiger partial charge is 0.495 e. The van der Waals surface area contributed by atoms with E-state index in [0.29, 0.717) is 17.0 Å². The first-order valence-electron chi connectivity index (χ1n) is 8.89. The van der Waals surface area contributed by atoms with Crippen molar-refractivity contribution in [2.45, 2.75) is 0 Å². The van der Waals surface area contributed by atoms with Crippen LogP contribution in [0.5, 0.6) is 5.75 Å². The number of rotatable bonds is 6. The van der Waals surface area contributed by atoms with Gasteiger partial charge in [-0.25, -0.2) is 4.98 Å². The molecule has 2 aromatic carbocycles. The minimum atomic E-state index is -0.336. The topological polar surface area (TPSA) is 85.2 Å². The fourth-order valence-electron chi connectivity index (χ4n) is 2.83. The standard InChI is InChI=1S/C21H18N4O3S/c1-28-17-7-3-2-6-15(17)23-19(26)13-22-20(27)14-8-9-16-18(12-14)29-21(24-16)25-10-4-5-11-25/h2-12H,13H2,1H3,(H,22,27)(H,23,26). The molecule has 0 saturated carbocycles. The molecule has 0 aliphatic carbocycles. The molecule has 8 heteroatoms. The number of thiazole rings is 1. The van der Waals surface area contributed by atoms with Gasteiger partial charge in [0.15, 0.2) is 5.13 Å². The van der Waals surface area contributed by atoms with Crippen molar-refractivity contribution in [1.82, 2.24) is 14.9 Å². The summed E-state index contributed by atoms with van der Waals surface area (Å²) in [4.78, 5) is 29.2. The highest BCUT2D eigenvalue weighted by molar-refractivity contribution is 7.20. The normalized spacial score (nSPS) is 10.7. The molecule has 2 N–H and O–H groups in total. The van der Waals surface area contributed by atoms with Crippen molar-refractivity contribution >= 4 is 39.1 Å². The lowest BCUT2D eigenvalue weighted by atomic mass is 10.2. The van der Waals surface area contributed by atoms with Crippen molar-refractivity contribution in [2.75, 3.05) is 19.0 Å². The third-order valence-electron chi connectivity index (χ3n) is 4.26. The Morgan fingerprint density at radius 2 is 1.90 bits per heavy atom. The monoisotopic (exact) mass is 406 g/mol. The third-order valence-corrected chi connectivity index (χ3v) is 5.29. The minimum Gasteiger partial charge on any atom is -0.495 e. The summed E-state index contributed by atoms with van der Waals surface area (Å²) in [5, 5.41) is 6.20. The van der Waals surface area contributed by atoms with Gasteiger partial charge in [-0.2, -0.15) is 0 Å². The van der Waals surface area contributed by atoms with Crippen molar-refractivity contribution < 1.29 is 14.3 Å². The summed E-state index contributed by atoms with van der Waals surface area (Å²) >= 11 is 1.50. The molecule has 146 valence electrons. The zero-order valence-electron chi connectivity index (χ0n) is 15.6. The van der Waals surface area contributed by atoms with Crippen molar-refractivity contribution in [1.29, 1.82) is 0 Å². The second-order valence-corrected chi connectivity index (χ2v) is 7.21. The van der Waals surface area contributed by atoms with Gasteiger partial charge in [0.1, 0.15) is 5.75 Å². The number of aromatic nitrogens is 2. The van der Waals surface area contributed by atoms with E-state index in [9.17, 15) is 9.59 Å². The van der Waals surface area contributed by atoms with Crippen LogP contribution in [-0.2, 0) is 4.79 Å². The number of ether oxygens (including phenoxy) is 1. The number of nitrogens with zero attached hydrogens (tertiary/aromatic N) is 2. The lowest BCUT2D eigenvalue weighted by Crippen LogP contribution is -2.32. The fourth-order valence-corrected chi connectivity index (χ4v) is 3.80. The van der Waals surface area contributed by atoms with Gasteiger partial charge in [-0.3, -0.25) is 9.59 Å². The van der Waals surface area contributed by atoms with Crippen molar-refractivity contribution in [2.24, 2.45) is 0 Å². The number of carbonyl (C=O) groups is 2. The number of para-hydroxylation sites is 2. The highest BCUT2D eigenvalue weighted by Crippen LogP contribution is 2.26. The van der Waals surface area contributed by atoms with Gasteiger partial charge >= 0.3 is 0 Å². The molecule has 0 saturated heterocycles. The van der Waals surface area contributed by atoms with Crippen LogP contribution in [0.1, 0.15) is 10.4 Å². The Hall–Kier alpha value is -3.65. The Bertz CT molecular complexity index is 1170. The Morgan fingerprint density at radius 3 is 2.69 bits per heavy atom. The third kappa shape index (κ3) is 4.12. The molecule has 4 rings (SSSR count). The second kappa shape index (κ2) is 8.15. The number of benzene rings is 2. The number of hydrogen-bond donors (Lipinski definition) is 2. The van der Waals surface area contributed by atoms with E-state index in [1.807, 2.05) is 41.2 Å². The summed E-state index contributed by atoms with van der Waals surface area (Å²) < 4.78 is 8.03. The fraction of sp³-hybridized carbons (Fsp3) is 0.0952. The summed E-state index contributed by atoms with van der Waals surface area (Å²) in [5.74, 6) is -0.101. The van der Waals surface area contributed by atoms with Gasteiger partial charge in [0.25, 0.3) is 5.91 Å². The van der Waals surface area contributed by atoms with Gasteiger partial charge in [-0.15, -0.1) is 0 Å². The number of carbonyl (C=O) groups excluding carboxylic acids is 2. The Balaban J connectivity index is 1.41. The second-order valence-electron chi connectivity index (χ2n) is 6.20. The maximum absolute atomic E-state index is 12.5. The number of anilines is 1. The van der Waals surface area contributed by atoms with Crippen LogP contribution in [0.25, 0.3) is 15.3 Å². The highest BCUT2D eigenvalue weighted by atomic mass is 32.1. The van der Waals surface area contributed by atoms with Crippen LogP contribution in [0.4, 0.5) is 5.69 Å². The molecule has 0 fully saturated rings. The van der Waals surface area contributed by atoms with Gasteiger partial charge in [-0.1, -0.05) is 23.5 Å². The van der Waals surface area contributed by atoms with Gasteiger partial charge in [0.2, 0.25) is 5.91 Å². The molecular formula is C21H18N4O3S. The average Bonchev–Trinajstić information content (AvgIpc) is 3.41. The van der Waals surface area contributed by atoms with Gasteiger partial charge in [0.05, 0.1) is 29.6 Å². The van der Waals surface area contributed by atoms with E-state index in [1.54, 1.807) is 30.3 Å². The summed E-state index contributed by atoms with van der Waals surface area (Å²) in [6, 6.07) is 16.3. The van der Waals surface area contributed by atoms with Gasteiger partial charge < -0.3 is 19.9 Å². The molecule has 0 aliphatic rings. The van der Waals surface area contributed by atoms with E-state index in [4.69, 9.17) is 4.74 Å². The first-order valence-corrected chi connectivity index (χ1v) is 9.71. The summed E-state index contributed by atoms with van der Waals surface area (Å²) in [5.41, 5.74) is 1.85. The van der Waals surface area contributed by atoms with Crippen LogP contribution in [0, 0.1) is 0 Å². The lowest BCUT2D eigenvalue weighted by molar-refractivity contribution is -0.115. The van der Waals surface area contributed by atoms with Crippen LogP contribution >= 0.6 is 11.3 Å². The van der Waals surface area contributed by atoms with Gasteiger partial charge in [-0.05, 0) is 42.5 Å². The highest BCUT2D eigenvalue weighted by Gasteiger charge is 2.12. The van der Waals surface area contributed by atoms with Crippen LogP contribution in [0.3, 0.4) is 0 Å². The molecule has 2 aromatic heterocycles. The average molecular weight is 406 g/mol. The first-order chi connectivity index (χ1) is 14.1. The van der Waals surface area contributed by atoms with Crippen LogP contribution in [0.15, 0.2) is 67.0 Å². The zero-order valence-corrected chi connectivity index (χ0v) is 16.4. The van der Waals surface area contributed by atoms with Crippen molar-refractivity contribution in [3.8, 4) is 10.9 Å². The number of fused-ring (bicyclic) bond motifs is 1. The molecule has 4 aromatic rings. The predicted octanol–water partition coefficient (Wildman–Crippen LogP) is 3.46. The predicted molar refractivity (Wildman–Crippen MR) is 113 cm³/mol. The Morgan fingerprint density at radius 1 is 1.10 bits per heavy atom. The molecule has 0 aliphatic heterocycles. The van der Waals surface area contributed by atoms with E-state index in [2.05, 4.69) is 15.6 Å². The molecular weight excluding hydrogens is 388 g/mol. The first kappa shape index (κ1) is 18.7. The van der Waals surface area contributed by atoms with Crippen molar-refractivity contribution in [3.05, 3.63) is 72.6 Å². The lowest BCUT2D eigenvalue weighted by Gasteiger charge is -2.10. The number of amides is 2. The van der Waals surface area contributed by atoms with E-state index >= 15 is 0 Å². The smallest absolute Gasteiger partial charge is 0.251 e. The SMILES string of the molecule is COc1ccccc1NC(=O)CNC(=O)c1ccc2nc(-n3cccc3)sc2c1. The van der Waals surface area contributed by atoms with E-state index in [-0.39, 0.29) is 18.4 Å². The number of nitrogens with one attached hydrogen (secondary N) is 2. The summed E-state index contributed by atoms with van der Waals surface area (Å²) in [7, 11) is 1.53. The Labute approximate surface area is 171 Å². The number of hydrogen-bond acceptors (Lipinski definition) is 5.